The van der Waals surface area contributed by atoms with Crippen LogP contribution < -0.4 is 4.74 Å². The maximum Gasteiger partial charge on any atom is 0.348 e. The maximum atomic E-state index is 11.2. The summed E-state index contributed by atoms with van der Waals surface area (Å²) in [5.41, 5.74) is 0.153. The Morgan fingerprint density at radius 1 is 1.47 bits per heavy atom. The number of hydrogen-bond donors (Lipinski definition) is 1. The summed E-state index contributed by atoms with van der Waals surface area (Å²) in [6.07, 6.45) is 1.25. The van der Waals surface area contributed by atoms with Crippen LogP contribution in [0.5, 0.6) is 11.5 Å². The van der Waals surface area contributed by atoms with Crippen LogP contribution >= 0.6 is 0 Å². The standard InChI is InChI=1S/C12H11NO4/c1-16-10-4-3-8(11(14)6-10)5-9(7-13)12(15)17-2/h3-6,14H,1-2H3. The summed E-state index contributed by atoms with van der Waals surface area (Å²) >= 11 is 0. The number of rotatable bonds is 3. The molecule has 0 spiro atoms. The number of carbonyl (C=O) groups excluding carboxylic acids is 1. The first kappa shape index (κ1) is 12.6. The lowest BCUT2D eigenvalue weighted by molar-refractivity contribution is -0.135. The van der Waals surface area contributed by atoms with Gasteiger partial charge in [-0.2, -0.15) is 5.26 Å². The zero-order chi connectivity index (χ0) is 12.8. The molecule has 1 aromatic carbocycles. The lowest BCUT2D eigenvalue weighted by Crippen LogP contribution is -2.02. The van der Waals surface area contributed by atoms with Crippen molar-refractivity contribution in [1.82, 2.24) is 0 Å². The van der Waals surface area contributed by atoms with Gasteiger partial charge in [-0.05, 0) is 18.2 Å². The first-order valence-electron chi connectivity index (χ1n) is 4.69. The number of aromatic hydroxyl groups is 1. The normalized spacial score (nSPS) is 10.5. The Bertz CT molecular complexity index is 500. The number of phenols is 1. The van der Waals surface area contributed by atoms with Crippen LogP contribution in [0.4, 0.5) is 0 Å². The maximum absolute atomic E-state index is 11.2. The Hall–Kier alpha value is -2.48. The van der Waals surface area contributed by atoms with E-state index in [4.69, 9.17) is 10.00 Å². The third-order valence-electron chi connectivity index (χ3n) is 2.06. The molecule has 17 heavy (non-hydrogen) atoms. The zero-order valence-electron chi connectivity index (χ0n) is 9.43. The predicted molar refractivity (Wildman–Crippen MR) is 60.3 cm³/mol. The van der Waals surface area contributed by atoms with Crippen LogP contribution in [0, 0.1) is 11.3 Å². The number of carbonyl (C=O) groups is 1. The molecule has 0 heterocycles. The smallest absolute Gasteiger partial charge is 0.348 e. The minimum absolute atomic E-state index is 0.0824. The van der Waals surface area contributed by atoms with Gasteiger partial charge in [-0.3, -0.25) is 0 Å². The lowest BCUT2D eigenvalue weighted by Gasteiger charge is -2.03. The fourth-order valence-corrected chi connectivity index (χ4v) is 1.17. The number of methoxy groups -OCH3 is 2. The highest BCUT2D eigenvalue weighted by molar-refractivity contribution is 5.98. The van der Waals surface area contributed by atoms with E-state index < -0.39 is 5.97 Å². The molecular weight excluding hydrogens is 222 g/mol. The molecule has 5 heteroatoms. The van der Waals surface area contributed by atoms with E-state index in [1.807, 2.05) is 0 Å². The van der Waals surface area contributed by atoms with Crippen molar-refractivity contribution in [2.24, 2.45) is 0 Å². The van der Waals surface area contributed by atoms with Gasteiger partial charge >= 0.3 is 5.97 Å². The molecule has 1 aromatic rings. The molecule has 0 aromatic heterocycles. The van der Waals surface area contributed by atoms with Gasteiger partial charge < -0.3 is 14.6 Å². The summed E-state index contributed by atoms with van der Waals surface area (Å²) in [6.45, 7) is 0. The van der Waals surface area contributed by atoms with Gasteiger partial charge in [0.05, 0.1) is 14.2 Å². The van der Waals surface area contributed by atoms with E-state index in [0.29, 0.717) is 11.3 Å². The molecule has 0 aliphatic carbocycles. The molecule has 0 radical (unpaired) electrons. The molecule has 0 fully saturated rings. The number of hydrogen-bond acceptors (Lipinski definition) is 5. The van der Waals surface area contributed by atoms with Crippen LogP contribution in [0.2, 0.25) is 0 Å². The van der Waals surface area contributed by atoms with Gasteiger partial charge in [-0.25, -0.2) is 4.79 Å². The molecule has 5 nitrogen and oxygen atoms in total. The van der Waals surface area contributed by atoms with Crippen molar-refractivity contribution in [2.45, 2.75) is 0 Å². The molecule has 0 atom stereocenters. The van der Waals surface area contributed by atoms with E-state index in [2.05, 4.69) is 4.74 Å². The Labute approximate surface area is 98.5 Å². The van der Waals surface area contributed by atoms with Crippen LogP contribution in [-0.4, -0.2) is 25.3 Å². The van der Waals surface area contributed by atoms with Crippen molar-refractivity contribution in [3.8, 4) is 17.6 Å². The van der Waals surface area contributed by atoms with E-state index in [-0.39, 0.29) is 11.3 Å². The number of benzene rings is 1. The second-order valence-corrected chi connectivity index (χ2v) is 3.09. The van der Waals surface area contributed by atoms with Crippen molar-refractivity contribution in [2.75, 3.05) is 14.2 Å². The van der Waals surface area contributed by atoms with Crippen molar-refractivity contribution in [3.63, 3.8) is 0 Å². The highest BCUT2D eigenvalue weighted by atomic mass is 16.5. The van der Waals surface area contributed by atoms with Gasteiger partial charge in [0.1, 0.15) is 23.1 Å². The van der Waals surface area contributed by atoms with Crippen molar-refractivity contribution in [1.29, 1.82) is 5.26 Å². The van der Waals surface area contributed by atoms with Crippen LogP contribution in [-0.2, 0) is 9.53 Å². The van der Waals surface area contributed by atoms with Gasteiger partial charge in [0.2, 0.25) is 0 Å². The molecule has 0 unspecified atom stereocenters. The third kappa shape index (κ3) is 2.98. The minimum Gasteiger partial charge on any atom is -0.507 e. The van der Waals surface area contributed by atoms with E-state index >= 15 is 0 Å². The average molecular weight is 233 g/mol. The first-order valence-corrected chi connectivity index (χ1v) is 4.69. The second kappa shape index (κ2) is 5.56. The SMILES string of the molecule is COC(=O)C(C#N)=Cc1ccc(OC)cc1O. The molecule has 0 amide bonds. The number of phenolic OH excluding ortho intramolecular Hbond substituents is 1. The molecule has 88 valence electrons. The summed E-state index contributed by atoms with van der Waals surface area (Å²) in [4.78, 5) is 11.2. The van der Waals surface area contributed by atoms with E-state index in [1.54, 1.807) is 12.1 Å². The summed E-state index contributed by atoms with van der Waals surface area (Å²) in [6, 6.07) is 6.23. The van der Waals surface area contributed by atoms with E-state index in [0.717, 1.165) is 0 Å². The largest absolute Gasteiger partial charge is 0.507 e. The zero-order valence-corrected chi connectivity index (χ0v) is 9.43. The Balaban J connectivity index is 3.13. The molecular formula is C12H11NO4. The summed E-state index contributed by atoms with van der Waals surface area (Å²) in [7, 11) is 2.65. The summed E-state index contributed by atoms with van der Waals surface area (Å²) < 4.78 is 9.34. The number of esters is 1. The lowest BCUT2D eigenvalue weighted by atomic mass is 10.1. The number of ether oxygens (including phenoxy) is 2. The van der Waals surface area contributed by atoms with Crippen LogP contribution in [0.1, 0.15) is 5.56 Å². The second-order valence-electron chi connectivity index (χ2n) is 3.09. The van der Waals surface area contributed by atoms with Gasteiger partial charge in [0.15, 0.2) is 0 Å². The van der Waals surface area contributed by atoms with Gasteiger partial charge in [0.25, 0.3) is 0 Å². The van der Waals surface area contributed by atoms with Crippen LogP contribution in [0.25, 0.3) is 6.08 Å². The minimum atomic E-state index is -0.747. The first-order chi connectivity index (χ1) is 8.12. The number of nitrogens with zero attached hydrogens (tertiary/aromatic N) is 1. The summed E-state index contributed by atoms with van der Waals surface area (Å²) in [5.74, 6) is -0.347. The van der Waals surface area contributed by atoms with Gasteiger partial charge in [-0.1, -0.05) is 0 Å². The van der Waals surface area contributed by atoms with Gasteiger partial charge in [-0.15, -0.1) is 0 Å². The molecule has 0 saturated heterocycles. The fourth-order valence-electron chi connectivity index (χ4n) is 1.17. The van der Waals surface area contributed by atoms with Crippen LogP contribution in [0.15, 0.2) is 23.8 Å². The van der Waals surface area contributed by atoms with Crippen molar-refractivity contribution < 1.29 is 19.4 Å². The topological polar surface area (TPSA) is 79.6 Å². The molecule has 0 aliphatic heterocycles. The molecule has 0 aliphatic rings. The van der Waals surface area contributed by atoms with Crippen LogP contribution in [0.3, 0.4) is 0 Å². The van der Waals surface area contributed by atoms with E-state index in [9.17, 15) is 9.90 Å². The Morgan fingerprint density at radius 2 is 2.18 bits per heavy atom. The highest BCUT2D eigenvalue weighted by Crippen LogP contribution is 2.25. The predicted octanol–water partition coefficient (Wildman–Crippen LogP) is 1.48. The average Bonchev–Trinajstić information content (AvgIpc) is 2.36. The number of nitriles is 1. The molecule has 0 bridgehead atoms. The third-order valence-corrected chi connectivity index (χ3v) is 2.06. The van der Waals surface area contributed by atoms with Crippen molar-refractivity contribution in [3.05, 3.63) is 29.3 Å². The highest BCUT2D eigenvalue weighted by Gasteiger charge is 2.10. The molecule has 1 N–H and O–H groups in total. The molecule has 0 saturated carbocycles. The Morgan fingerprint density at radius 3 is 2.65 bits per heavy atom. The van der Waals surface area contributed by atoms with Gasteiger partial charge in [0, 0.05) is 11.6 Å². The molecule has 1 rings (SSSR count). The summed E-state index contributed by atoms with van der Waals surface area (Å²) in [5, 5.41) is 18.4. The monoisotopic (exact) mass is 233 g/mol. The van der Waals surface area contributed by atoms with E-state index in [1.165, 1.54) is 32.4 Å². The fraction of sp³-hybridized carbons (Fsp3) is 0.167. The Kier molecular flexibility index (Phi) is 4.12. The quantitative estimate of drug-likeness (QED) is 0.486. The van der Waals surface area contributed by atoms with Crippen molar-refractivity contribution >= 4 is 12.0 Å².